The number of amides is 1. The van der Waals surface area contributed by atoms with Crippen molar-refractivity contribution in [2.45, 2.75) is 77.7 Å². The maximum atomic E-state index is 13.4. The molecule has 1 amide bonds. The van der Waals surface area contributed by atoms with Crippen LogP contribution in [0.5, 0.6) is 0 Å². The fourth-order valence-electron chi connectivity index (χ4n) is 4.51. The summed E-state index contributed by atoms with van der Waals surface area (Å²) in [6, 6.07) is 33.2. The van der Waals surface area contributed by atoms with E-state index in [9.17, 15) is 19.2 Å². The SMILES string of the molecule is CC(=O)CCC(CCC(=O)c1ccccccccc1)(CCC(=O)c1ccccccccc1)NC(=O)CCC(C)C. The van der Waals surface area contributed by atoms with Gasteiger partial charge in [0.15, 0.2) is 11.6 Å². The summed E-state index contributed by atoms with van der Waals surface area (Å²) >= 11 is 0. The molecule has 0 spiro atoms. The first-order chi connectivity index (χ1) is 20.2. The zero-order chi connectivity index (χ0) is 30.6. The zero-order valence-electron chi connectivity index (χ0n) is 25.3. The third-order valence-electron chi connectivity index (χ3n) is 7.05. The lowest BCUT2D eigenvalue weighted by Gasteiger charge is -2.35. The second-order valence-electron chi connectivity index (χ2n) is 11.1. The molecule has 5 nitrogen and oxygen atoms in total. The van der Waals surface area contributed by atoms with Crippen molar-refractivity contribution >= 4 is 23.3 Å². The molecule has 0 unspecified atom stereocenters. The Labute approximate surface area is 251 Å². The number of hydrogen-bond acceptors (Lipinski definition) is 4. The molecule has 0 fully saturated rings. The molecule has 0 heterocycles. The van der Waals surface area contributed by atoms with Crippen molar-refractivity contribution in [2.75, 3.05) is 0 Å². The van der Waals surface area contributed by atoms with Crippen molar-refractivity contribution in [3.05, 3.63) is 120 Å². The van der Waals surface area contributed by atoms with Crippen LogP contribution in [0.4, 0.5) is 0 Å². The summed E-state index contributed by atoms with van der Waals surface area (Å²) in [4.78, 5) is 52.0. The van der Waals surface area contributed by atoms with Crippen molar-refractivity contribution < 1.29 is 19.2 Å². The minimum Gasteiger partial charge on any atom is -0.351 e. The Bertz CT molecular complexity index is 1170. The largest absolute Gasteiger partial charge is 0.351 e. The van der Waals surface area contributed by atoms with E-state index in [2.05, 4.69) is 19.2 Å². The van der Waals surface area contributed by atoms with Crippen LogP contribution >= 0.6 is 0 Å². The molecule has 0 aromatic heterocycles. The molecular weight excluding hydrogens is 522 g/mol. The molecule has 0 radical (unpaired) electrons. The first-order valence-electron chi connectivity index (χ1n) is 14.8. The molecule has 222 valence electrons. The molecule has 2 aromatic rings. The van der Waals surface area contributed by atoms with Crippen LogP contribution in [0.15, 0.2) is 109 Å². The van der Waals surface area contributed by atoms with Crippen molar-refractivity contribution in [1.29, 1.82) is 0 Å². The van der Waals surface area contributed by atoms with Gasteiger partial charge >= 0.3 is 0 Å². The van der Waals surface area contributed by atoms with Crippen LogP contribution in [0.3, 0.4) is 0 Å². The molecule has 0 saturated heterocycles. The van der Waals surface area contributed by atoms with Gasteiger partial charge in [0.25, 0.3) is 0 Å². The van der Waals surface area contributed by atoms with Gasteiger partial charge < -0.3 is 10.1 Å². The molecule has 5 heteroatoms. The van der Waals surface area contributed by atoms with Crippen LogP contribution in [0.2, 0.25) is 0 Å². The number of hydrogen-bond donors (Lipinski definition) is 1. The van der Waals surface area contributed by atoms with Crippen molar-refractivity contribution in [3.63, 3.8) is 0 Å². The van der Waals surface area contributed by atoms with E-state index in [-0.39, 0.29) is 42.5 Å². The lowest BCUT2D eigenvalue weighted by atomic mass is 9.81. The van der Waals surface area contributed by atoms with Crippen LogP contribution in [-0.4, -0.2) is 28.8 Å². The molecular formula is C37H45NO4. The highest BCUT2D eigenvalue weighted by atomic mass is 16.2. The molecule has 0 aliphatic rings. The lowest BCUT2D eigenvalue weighted by Crippen LogP contribution is -2.49. The Morgan fingerprint density at radius 1 is 0.571 bits per heavy atom. The molecule has 0 atom stereocenters. The third kappa shape index (κ3) is 14.0. The summed E-state index contributed by atoms with van der Waals surface area (Å²) in [7, 11) is 0. The minimum atomic E-state index is -0.872. The van der Waals surface area contributed by atoms with Crippen molar-refractivity contribution in [2.24, 2.45) is 5.92 Å². The van der Waals surface area contributed by atoms with E-state index >= 15 is 0 Å². The van der Waals surface area contributed by atoms with Gasteiger partial charge in [0.1, 0.15) is 5.78 Å². The number of carbonyl (C=O) groups is 4. The van der Waals surface area contributed by atoms with Gasteiger partial charge in [-0.3, -0.25) is 14.4 Å². The van der Waals surface area contributed by atoms with Crippen LogP contribution in [-0.2, 0) is 9.59 Å². The average molecular weight is 568 g/mol. The molecule has 0 aliphatic heterocycles. The summed E-state index contributed by atoms with van der Waals surface area (Å²) in [5.41, 5.74) is 0.238. The molecule has 42 heavy (non-hydrogen) atoms. The molecule has 2 rings (SSSR count). The van der Waals surface area contributed by atoms with Gasteiger partial charge in [-0.2, -0.15) is 0 Å². The van der Waals surface area contributed by atoms with Crippen LogP contribution < -0.4 is 5.32 Å². The van der Waals surface area contributed by atoms with Gasteiger partial charge in [-0.05, 0) is 38.5 Å². The van der Waals surface area contributed by atoms with Gasteiger partial charge in [-0.1, -0.05) is 123 Å². The lowest BCUT2D eigenvalue weighted by molar-refractivity contribution is -0.124. The molecule has 2 aromatic carbocycles. The summed E-state index contributed by atoms with van der Waals surface area (Å²) in [5, 5.41) is 3.20. The first kappa shape index (κ1) is 34.1. The van der Waals surface area contributed by atoms with E-state index < -0.39 is 5.54 Å². The summed E-state index contributed by atoms with van der Waals surface area (Å²) < 4.78 is 0. The first-order valence-corrected chi connectivity index (χ1v) is 14.8. The monoisotopic (exact) mass is 567 g/mol. The van der Waals surface area contributed by atoms with Crippen molar-refractivity contribution in [3.8, 4) is 0 Å². The number of ketones is 3. The number of Topliss-reactive ketones (excluding diaryl/α,β-unsaturated/α-hetero) is 3. The molecule has 0 saturated carbocycles. The highest BCUT2D eigenvalue weighted by molar-refractivity contribution is 5.96. The van der Waals surface area contributed by atoms with E-state index in [1.165, 1.54) is 6.92 Å². The molecule has 1 N–H and O–H groups in total. The normalized spacial score (nSPS) is 10.7. The highest BCUT2D eigenvalue weighted by Crippen LogP contribution is 2.28. The summed E-state index contributed by atoms with van der Waals surface area (Å²) in [6.45, 7) is 5.65. The Morgan fingerprint density at radius 3 is 1.29 bits per heavy atom. The minimum absolute atomic E-state index is 0.000588. The van der Waals surface area contributed by atoms with Crippen LogP contribution in [0.1, 0.15) is 92.9 Å². The quantitative estimate of drug-likeness (QED) is 0.220. The van der Waals surface area contributed by atoms with Gasteiger partial charge in [0.05, 0.1) is 0 Å². The standard InChI is InChI=1S/C37H45NO4/c1-30(2)22-23-36(42)38-37(27-24-31(3)39,28-25-34(40)32-18-14-10-6-4-7-11-15-19-32)29-26-35(41)33-20-16-12-8-5-9-13-17-21-33/h4-21,30H,22-29H2,1-3H3,(H,38,42). The van der Waals surface area contributed by atoms with Crippen molar-refractivity contribution in [1.82, 2.24) is 5.32 Å². The third-order valence-corrected chi connectivity index (χ3v) is 7.05. The van der Waals surface area contributed by atoms with E-state index in [1.807, 2.05) is 84.9 Å². The Morgan fingerprint density at radius 2 is 0.929 bits per heavy atom. The smallest absolute Gasteiger partial charge is 0.220 e. The van der Waals surface area contributed by atoms with Crippen LogP contribution in [0.25, 0.3) is 0 Å². The maximum absolute atomic E-state index is 13.4. The van der Waals surface area contributed by atoms with Gasteiger partial charge in [0, 0.05) is 42.3 Å². The number of nitrogens with one attached hydrogen (secondary N) is 1. The molecule has 0 aliphatic carbocycles. The van der Waals surface area contributed by atoms with Gasteiger partial charge in [-0.15, -0.1) is 0 Å². The van der Waals surface area contributed by atoms with Gasteiger partial charge in [-0.25, -0.2) is 0 Å². The fourth-order valence-corrected chi connectivity index (χ4v) is 4.51. The van der Waals surface area contributed by atoms with E-state index in [0.717, 1.165) is 6.42 Å². The van der Waals surface area contributed by atoms with Crippen LogP contribution in [0, 0.1) is 5.92 Å². The Kier molecular flexibility index (Phi) is 15.5. The predicted octanol–water partition coefficient (Wildman–Crippen LogP) is 8.22. The fraction of sp³-hybridized carbons (Fsp3) is 0.351. The number of rotatable bonds is 15. The molecule has 0 bridgehead atoms. The maximum Gasteiger partial charge on any atom is 0.220 e. The second-order valence-corrected chi connectivity index (χ2v) is 11.1. The topological polar surface area (TPSA) is 80.3 Å². The Hall–Kier alpha value is -4.12. The summed E-state index contributed by atoms with van der Waals surface area (Å²) in [5.74, 6) is 0.109. The van der Waals surface area contributed by atoms with E-state index in [0.29, 0.717) is 42.7 Å². The van der Waals surface area contributed by atoms with E-state index in [4.69, 9.17) is 0 Å². The average Bonchev–Trinajstić information content (AvgIpc) is 2.97. The van der Waals surface area contributed by atoms with Gasteiger partial charge in [0.2, 0.25) is 5.91 Å². The zero-order valence-corrected chi connectivity index (χ0v) is 25.3. The highest BCUT2D eigenvalue weighted by Gasteiger charge is 2.33. The predicted molar refractivity (Wildman–Crippen MR) is 170 cm³/mol. The Balaban J connectivity index is 2.39. The second kappa shape index (κ2) is 19.1. The van der Waals surface area contributed by atoms with E-state index in [1.54, 1.807) is 24.3 Å². The number of carbonyl (C=O) groups excluding carboxylic acids is 4. The summed E-state index contributed by atoms with van der Waals surface area (Å²) in [6.07, 6.45) is 2.67.